The molecule has 1 saturated carbocycles. The second-order valence-corrected chi connectivity index (χ2v) is 9.57. The van der Waals surface area contributed by atoms with Crippen LogP contribution < -0.4 is 4.74 Å². The van der Waals surface area contributed by atoms with Crippen molar-refractivity contribution in [1.29, 1.82) is 0 Å². The maximum atomic E-state index is 14.0. The number of carbonyl (C=O) groups is 2. The van der Waals surface area contributed by atoms with Gasteiger partial charge in [-0.25, -0.2) is 0 Å². The SMILES string of the molecule is CO[C@@]12C=C3C(=O)c4c(O)cccc4O[C@@]34[C@@H](C1)C(C)(C)O[C@]4(CC=C(C)C)C2=O. The van der Waals surface area contributed by atoms with Gasteiger partial charge in [-0.05, 0) is 52.3 Å². The number of ketones is 2. The van der Waals surface area contributed by atoms with Gasteiger partial charge in [0.05, 0.1) is 5.60 Å². The molecule has 6 rings (SSSR count). The van der Waals surface area contributed by atoms with Crippen molar-refractivity contribution < 1.29 is 28.9 Å². The lowest BCUT2D eigenvalue weighted by atomic mass is 9.49. The maximum absolute atomic E-state index is 14.0. The van der Waals surface area contributed by atoms with Crippen LogP contribution >= 0.6 is 0 Å². The van der Waals surface area contributed by atoms with E-state index in [1.165, 1.54) is 13.2 Å². The van der Waals surface area contributed by atoms with E-state index >= 15 is 0 Å². The third-order valence-corrected chi connectivity index (χ3v) is 7.31. The highest BCUT2D eigenvalue weighted by Gasteiger charge is 2.84. The van der Waals surface area contributed by atoms with Crippen LogP contribution in [0.25, 0.3) is 0 Å². The molecule has 2 aliphatic heterocycles. The van der Waals surface area contributed by atoms with Crippen LogP contribution in [0.2, 0.25) is 0 Å². The largest absolute Gasteiger partial charge is 0.507 e. The molecule has 30 heavy (non-hydrogen) atoms. The zero-order valence-electron chi connectivity index (χ0n) is 17.9. The van der Waals surface area contributed by atoms with E-state index in [-0.39, 0.29) is 41.0 Å². The molecule has 1 aromatic carbocycles. The molecule has 158 valence electrons. The van der Waals surface area contributed by atoms with Gasteiger partial charge >= 0.3 is 0 Å². The standard InChI is InChI=1S/C24H26O6/c1-13(2)9-10-23-20(27)22(28-5)11-14-19(26)18-15(25)7-6-8-16(18)29-24(14,23)17(12-22)21(3,4)30-23/h6-9,11,17,25H,10,12H2,1-5H3/t17-,22-,23+,24+/m0/s1. The molecule has 0 radical (unpaired) electrons. The second kappa shape index (κ2) is 5.62. The molecular formula is C24H26O6. The van der Waals surface area contributed by atoms with Crippen molar-refractivity contribution in [2.75, 3.05) is 7.11 Å². The number of hydrogen-bond donors (Lipinski definition) is 1. The van der Waals surface area contributed by atoms with E-state index in [4.69, 9.17) is 14.2 Å². The number of fused-ring (bicyclic) bond motifs is 1. The lowest BCUT2D eigenvalue weighted by molar-refractivity contribution is -0.189. The fourth-order valence-electron chi connectivity index (χ4n) is 6.03. The first kappa shape index (κ1) is 19.5. The molecule has 2 heterocycles. The first-order valence-electron chi connectivity index (χ1n) is 10.3. The summed E-state index contributed by atoms with van der Waals surface area (Å²) in [7, 11) is 1.49. The smallest absolute Gasteiger partial charge is 0.205 e. The Hall–Kier alpha value is -2.44. The van der Waals surface area contributed by atoms with Gasteiger partial charge in [-0.1, -0.05) is 17.7 Å². The molecule has 0 aromatic heterocycles. The lowest BCUT2D eigenvalue weighted by Crippen LogP contribution is -2.77. The minimum Gasteiger partial charge on any atom is -0.507 e. The second-order valence-electron chi connectivity index (χ2n) is 9.57. The first-order valence-corrected chi connectivity index (χ1v) is 10.3. The molecular weight excluding hydrogens is 384 g/mol. The third-order valence-electron chi connectivity index (χ3n) is 7.31. The first-order chi connectivity index (χ1) is 14.0. The normalized spacial score (nSPS) is 37.2. The van der Waals surface area contributed by atoms with E-state index in [2.05, 4.69) is 0 Å². The van der Waals surface area contributed by atoms with Gasteiger partial charge in [0, 0.05) is 25.0 Å². The number of Topliss-reactive ketones (excluding diaryl/α,β-unsaturated/α-hetero) is 2. The number of phenolic OH excluding ortho intramolecular Hbond substituents is 1. The molecule has 1 N–H and O–H groups in total. The number of rotatable bonds is 3. The van der Waals surface area contributed by atoms with Gasteiger partial charge in [-0.15, -0.1) is 0 Å². The number of ether oxygens (including phenoxy) is 3. The van der Waals surface area contributed by atoms with E-state index in [1.807, 2.05) is 33.8 Å². The van der Waals surface area contributed by atoms with Crippen LogP contribution in [-0.4, -0.2) is 46.2 Å². The van der Waals surface area contributed by atoms with Crippen LogP contribution in [0.5, 0.6) is 11.5 Å². The maximum Gasteiger partial charge on any atom is 0.205 e. The molecule has 5 aliphatic rings. The molecule has 3 aliphatic carbocycles. The number of benzene rings is 1. The van der Waals surface area contributed by atoms with Crippen LogP contribution in [0.3, 0.4) is 0 Å². The molecule has 1 aromatic rings. The number of allylic oxidation sites excluding steroid dienone is 1. The minimum absolute atomic E-state index is 0.121. The highest BCUT2D eigenvalue weighted by atomic mass is 16.6. The van der Waals surface area contributed by atoms with Crippen LogP contribution in [-0.2, 0) is 14.3 Å². The fraction of sp³-hybridized carbons (Fsp3) is 0.500. The Morgan fingerprint density at radius 3 is 2.70 bits per heavy atom. The van der Waals surface area contributed by atoms with Crippen molar-refractivity contribution in [3.8, 4) is 11.5 Å². The zero-order valence-corrected chi connectivity index (χ0v) is 17.9. The number of aromatic hydroxyl groups is 1. The van der Waals surface area contributed by atoms with E-state index in [1.54, 1.807) is 18.2 Å². The summed E-state index contributed by atoms with van der Waals surface area (Å²) in [5.41, 5.74) is -3.13. The van der Waals surface area contributed by atoms with Gasteiger partial charge in [0.2, 0.25) is 5.78 Å². The van der Waals surface area contributed by atoms with Crippen LogP contribution in [0.15, 0.2) is 41.5 Å². The molecule has 0 unspecified atom stereocenters. The summed E-state index contributed by atoms with van der Waals surface area (Å²) in [6.45, 7) is 7.80. The Morgan fingerprint density at radius 1 is 1.30 bits per heavy atom. The summed E-state index contributed by atoms with van der Waals surface area (Å²) >= 11 is 0. The van der Waals surface area contributed by atoms with Gasteiger partial charge in [-0.2, -0.15) is 0 Å². The predicted octanol–water partition coefficient (Wildman–Crippen LogP) is 3.52. The van der Waals surface area contributed by atoms with Crippen LogP contribution in [0.4, 0.5) is 0 Å². The summed E-state index contributed by atoms with van der Waals surface area (Å²) < 4.78 is 19.0. The molecule has 4 bridgehead atoms. The van der Waals surface area contributed by atoms with Crippen molar-refractivity contribution in [2.45, 2.75) is 62.9 Å². The number of hydrogen-bond acceptors (Lipinski definition) is 6. The summed E-state index contributed by atoms with van der Waals surface area (Å²) in [6.07, 6.45) is 4.22. The number of carbonyl (C=O) groups excluding carboxylic acids is 2. The van der Waals surface area contributed by atoms with Crippen LogP contribution in [0, 0.1) is 5.92 Å². The van der Waals surface area contributed by atoms with Crippen molar-refractivity contribution in [3.05, 3.63) is 47.1 Å². The minimum atomic E-state index is -1.39. The fourth-order valence-corrected chi connectivity index (χ4v) is 6.03. The third kappa shape index (κ3) is 1.97. The van der Waals surface area contributed by atoms with E-state index in [9.17, 15) is 14.7 Å². The van der Waals surface area contributed by atoms with Gasteiger partial charge < -0.3 is 19.3 Å². The molecule has 4 atom stereocenters. The molecule has 0 amide bonds. The topological polar surface area (TPSA) is 82.1 Å². The van der Waals surface area contributed by atoms with Gasteiger partial charge in [0.25, 0.3) is 0 Å². The van der Waals surface area contributed by atoms with Crippen molar-refractivity contribution in [2.24, 2.45) is 5.92 Å². The van der Waals surface area contributed by atoms with Gasteiger partial charge in [0.15, 0.2) is 17.0 Å². The van der Waals surface area contributed by atoms with Crippen molar-refractivity contribution in [1.82, 2.24) is 0 Å². The molecule has 1 saturated heterocycles. The monoisotopic (exact) mass is 410 g/mol. The summed E-state index contributed by atoms with van der Waals surface area (Å²) in [6, 6.07) is 4.76. The Balaban J connectivity index is 1.87. The van der Waals surface area contributed by atoms with Crippen LogP contribution in [0.1, 0.15) is 50.9 Å². The quantitative estimate of drug-likeness (QED) is 0.768. The van der Waals surface area contributed by atoms with E-state index < -0.39 is 22.4 Å². The Bertz CT molecular complexity index is 1060. The molecule has 6 heteroatoms. The lowest BCUT2D eigenvalue weighted by Gasteiger charge is -2.59. The molecule has 2 fully saturated rings. The zero-order chi connectivity index (χ0) is 21.7. The van der Waals surface area contributed by atoms with Gasteiger partial charge in [0.1, 0.15) is 22.7 Å². The molecule has 1 spiro atoms. The number of phenols is 1. The Morgan fingerprint density at radius 2 is 2.03 bits per heavy atom. The summed E-state index contributed by atoms with van der Waals surface area (Å²) in [5, 5.41) is 10.4. The molecule has 6 nitrogen and oxygen atoms in total. The highest BCUT2D eigenvalue weighted by molar-refractivity contribution is 6.19. The summed E-state index contributed by atoms with van der Waals surface area (Å²) in [4.78, 5) is 27.7. The van der Waals surface area contributed by atoms with Gasteiger partial charge in [-0.3, -0.25) is 9.59 Å². The predicted molar refractivity (Wildman–Crippen MR) is 109 cm³/mol. The number of methoxy groups -OCH3 is 1. The average molecular weight is 410 g/mol. The Labute approximate surface area is 175 Å². The van der Waals surface area contributed by atoms with E-state index in [0.29, 0.717) is 12.0 Å². The highest BCUT2D eigenvalue weighted by Crippen LogP contribution is 2.68. The van der Waals surface area contributed by atoms with E-state index in [0.717, 1.165) is 5.57 Å². The summed E-state index contributed by atoms with van der Waals surface area (Å²) in [5.74, 6) is -0.691. The Kier molecular flexibility index (Phi) is 3.66. The average Bonchev–Trinajstić information content (AvgIpc) is 2.84. The van der Waals surface area contributed by atoms with Crippen molar-refractivity contribution >= 4 is 11.6 Å². The van der Waals surface area contributed by atoms with Crippen molar-refractivity contribution in [3.63, 3.8) is 0 Å².